The maximum Gasteiger partial charge on any atom is 0.264 e. The molecule has 4 nitrogen and oxygen atoms in total. The summed E-state index contributed by atoms with van der Waals surface area (Å²) in [6.07, 6.45) is 1.54. The molecule has 0 N–H and O–H groups in total. The van der Waals surface area contributed by atoms with E-state index in [1.54, 1.807) is 11.3 Å². The summed E-state index contributed by atoms with van der Waals surface area (Å²) in [5.41, 5.74) is 1.92. The van der Waals surface area contributed by atoms with Gasteiger partial charge in [-0.1, -0.05) is 30.3 Å². The maximum absolute atomic E-state index is 10.8. The predicted octanol–water partition coefficient (Wildman–Crippen LogP) is 2.33. The maximum atomic E-state index is 10.8. The minimum absolute atomic E-state index is 0.136. The molecule has 2 aromatic rings. The van der Waals surface area contributed by atoms with E-state index in [-0.39, 0.29) is 6.61 Å². The SMILES string of the molecule is CS(=O)(=O)OCCc1csc(-c2ccccc2)n1. The highest BCUT2D eigenvalue weighted by Gasteiger charge is 2.06. The van der Waals surface area contributed by atoms with E-state index >= 15 is 0 Å². The molecule has 18 heavy (non-hydrogen) atoms. The Balaban J connectivity index is 1.99. The molecule has 0 atom stereocenters. The Hall–Kier alpha value is -1.24. The third-order valence-corrected chi connectivity index (χ3v) is 3.76. The van der Waals surface area contributed by atoms with Gasteiger partial charge < -0.3 is 0 Å². The van der Waals surface area contributed by atoms with Crippen LogP contribution < -0.4 is 0 Å². The Bertz CT molecular complexity index is 605. The summed E-state index contributed by atoms with van der Waals surface area (Å²) < 4.78 is 26.3. The van der Waals surface area contributed by atoms with Gasteiger partial charge in [0.15, 0.2) is 0 Å². The molecule has 0 saturated carbocycles. The van der Waals surface area contributed by atoms with Gasteiger partial charge in [0, 0.05) is 17.4 Å². The summed E-state index contributed by atoms with van der Waals surface area (Å²) in [7, 11) is -3.36. The average Bonchev–Trinajstić information content (AvgIpc) is 2.77. The van der Waals surface area contributed by atoms with Crippen LogP contribution in [-0.2, 0) is 20.7 Å². The van der Waals surface area contributed by atoms with Gasteiger partial charge in [0.2, 0.25) is 0 Å². The van der Waals surface area contributed by atoms with Gasteiger partial charge >= 0.3 is 0 Å². The summed E-state index contributed by atoms with van der Waals surface area (Å²) in [6.45, 7) is 0.136. The summed E-state index contributed by atoms with van der Waals surface area (Å²) >= 11 is 1.54. The second kappa shape index (κ2) is 5.60. The first-order valence-electron chi connectivity index (χ1n) is 5.39. The third-order valence-electron chi connectivity index (χ3n) is 2.23. The van der Waals surface area contributed by atoms with E-state index in [1.165, 1.54) is 0 Å². The van der Waals surface area contributed by atoms with Gasteiger partial charge in [0.05, 0.1) is 18.6 Å². The Morgan fingerprint density at radius 1 is 1.28 bits per heavy atom. The molecular weight excluding hydrogens is 270 g/mol. The number of aromatic nitrogens is 1. The lowest BCUT2D eigenvalue weighted by molar-refractivity contribution is 0.325. The van der Waals surface area contributed by atoms with Crippen LogP contribution in [0.3, 0.4) is 0 Å². The van der Waals surface area contributed by atoms with Gasteiger partial charge in [-0.2, -0.15) is 8.42 Å². The first kappa shape index (κ1) is 13.2. The summed E-state index contributed by atoms with van der Waals surface area (Å²) in [4.78, 5) is 4.44. The Kier molecular flexibility index (Phi) is 4.11. The molecule has 0 unspecified atom stereocenters. The van der Waals surface area contributed by atoms with Crippen molar-refractivity contribution in [1.29, 1.82) is 0 Å². The molecule has 0 aliphatic carbocycles. The standard InChI is InChI=1S/C12H13NO3S2/c1-18(14,15)16-8-7-11-9-17-12(13-11)10-5-3-2-4-6-10/h2-6,9H,7-8H2,1H3. The van der Waals surface area contributed by atoms with Crippen molar-refractivity contribution < 1.29 is 12.6 Å². The van der Waals surface area contributed by atoms with Crippen LogP contribution in [0.1, 0.15) is 5.69 Å². The van der Waals surface area contributed by atoms with Crippen LogP contribution in [0, 0.1) is 0 Å². The summed E-state index contributed by atoms with van der Waals surface area (Å²) in [6, 6.07) is 9.87. The number of rotatable bonds is 5. The fourth-order valence-electron chi connectivity index (χ4n) is 1.43. The van der Waals surface area contributed by atoms with Gasteiger partial charge in [-0.05, 0) is 0 Å². The first-order chi connectivity index (χ1) is 8.54. The molecule has 0 radical (unpaired) electrons. The Morgan fingerprint density at radius 3 is 2.67 bits per heavy atom. The van der Waals surface area contributed by atoms with Gasteiger partial charge in [0.1, 0.15) is 5.01 Å². The smallest absolute Gasteiger partial charge is 0.264 e. The molecule has 0 saturated heterocycles. The molecule has 0 aliphatic rings. The highest BCUT2D eigenvalue weighted by molar-refractivity contribution is 7.85. The molecule has 1 aromatic carbocycles. The van der Waals surface area contributed by atoms with Gasteiger partial charge in [0.25, 0.3) is 10.1 Å². The van der Waals surface area contributed by atoms with E-state index in [9.17, 15) is 8.42 Å². The quantitative estimate of drug-likeness (QED) is 0.790. The Morgan fingerprint density at radius 2 is 2.00 bits per heavy atom. The van der Waals surface area contributed by atoms with E-state index in [4.69, 9.17) is 0 Å². The van der Waals surface area contributed by atoms with Crippen LogP contribution in [0.25, 0.3) is 10.6 Å². The second-order valence-corrected chi connectivity index (χ2v) is 6.29. The number of thiazole rings is 1. The minimum Gasteiger partial charge on any atom is -0.270 e. The van der Waals surface area contributed by atoms with Crippen molar-refractivity contribution in [3.8, 4) is 10.6 Å². The van der Waals surface area contributed by atoms with Crippen LogP contribution in [0.2, 0.25) is 0 Å². The third kappa shape index (κ3) is 3.90. The second-order valence-electron chi connectivity index (χ2n) is 3.79. The van der Waals surface area contributed by atoms with Gasteiger partial charge in [-0.15, -0.1) is 11.3 Å². The molecule has 0 fully saturated rings. The number of hydrogen-bond acceptors (Lipinski definition) is 5. The zero-order valence-corrected chi connectivity index (χ0v) is 11.5. The molecule has 0 spiro atoms. The van der Waals surface area contributed by atoms with Crippen LogP contribution in [-0.4, -0.2) is 26.3 Å². The molecule has 1 aromatic heterocycles. The lowest BCUT2D eigenvalue weighted by atomic mass is 10.2. The molecule has 96 valence electrons. The van der Waals surface area contributed by atoms with E-state index < -0.39 is 10.1 Å². The monoisotopic (exact) mass is 283 g/mol. The van der Waals surface area contributed by atoms with E-state index in [1.807, 2.05) is 35.7 Å². The van der Waals surface area contributed by atoms with Crippen molar-refractivity contribution in [2.45, 2.75) is 6.42 Å². The number of hydrogen-bond donors (Lipinski definition) is 0. The predicted molar refractivity (Wildman–Crippen MR) is 72.0 cm³/mol. The highest BCUT2D eigenvalue weighted by Crippen LogP contribution is 2.23. The number of benzene rings is 1. The van der Waals surface area contributed by atoms with Crippen molar-refractivity contribution >= 4 is 21.5 Å². The lowest BCUT2D eigenvalue weighted by Crippen LogP contribution is -2.06. The summed E-state index contributed by atoms with van der Waals surface area (Å²) in [5, 5.41) is 2.86. The molecule has 6 heteroatoms. The molecule has 2 rings (SSSR count). The van der Waals surface area contributed by atoms with E-state index in [0.717, 1.165) is 22.5 Å². The van der Waals surface area contributed by atoms with Crippen molar-refractivity contribution in [2.24, 2.45) is 0 Å². The first-order valence-corrected chi connectivity index (χ1v) is 8.08. The molecular formula is C12H13NO3S2. The average molecular weight is 283 g/mol. The van der Waals surface area contributed by atoms with Crippen LogP contribution in [0.5, 0.6) is 0 Å². The fraction of sp³-hybridized carbons (Fsp3) is 0.250. The van der Waals surface area contributed by atoms with E-state index in [2.05, 4.69) is 9.17 Å². The largest absolute Gasteiger partial charge is 0.270 e. The van der Waals surface area contributed by atoms with Crippen molar-refractivity contribution in [1.82, 2.24) is 4.98 Å². The highest BCUT2D eigenvalue weighted by atomic mass is 32.2. The van der Waals surface area contributed by atoms with Crippen molar-refractivity contribution in [2.75, 3.05) is 12.9 Å². The lowest BCUT2D eigenvalue weighted by Gasteiger charge is -1.98. The topological polar surface area (TPSA) is 56.3 Å². The van der Waals surface area contributed by atoms with Crippen molar-refractivity contribution in [3.63, 3.8) is 0 Å². The van der Waals surface area contributed by atoms with Crippen molar-refractivity contribution in [3.05, 3.63) is 41.4 Å². The zero-order chi connectivity index (χ0) is 13.0. The van der Waals surface area contributed by atoms with Crippen LogP contribution in [0.15, 0.2) is 35.7 Å². The van der Waals surface area contributed by atoms with Gasteiger partial charge in [-0.3, -0.25) is 4.18 Å². The summed E-state index contributed by atoms with van der Waals surface area (Å²) in [5.74, 6) is 0. The number of nitrogens with zero attached hydrogens (tertiary/aromatic N) is 1. The minimum atomic E-state index is -3.36. The Labute approximate surface area is 110 Å². The molecule has 0 amide bonds. The molecule has 0 bridgehead atoms. The van der Waals surface area contributed by atoms with Crippen LogP contribution in [0.4, 0.5) is 0 Å². The zero-order valence-electron chi connectivity index (χ0n) is 9.87. The fourth-order valence-corrected chi connectivity index (χ4v) is 2.68. The van der Waals surface area contributed by atoms with E-state index in [0.29, 0.717) is 6.42 Å². The molecule has 1 heterocycles. The normalized spacial score (nSPS) is 11.6. The van der Waals surface area contributed by atoms with Gasteiger partial charge in [-0.25, -0.2) is 4.98 Å². The molecule has 0 aliphatic heterocycles. The van der Waals surface area contributed by atoms with Crippen LogP contribution >= 0.6 is 11.3 Å².